The van der Waals surface area contributed by atoms with Gasteiger partial charge in [0, 0.05) is 25.1 Å². The Bertz CT molecular complexity index is 861. The molecule has 1 N–H and O–H groups in total. The van der Waals surface area contributed by atoms with Crippen LogP contribution in [-0.4, -0.2) is 48.9 Å². The van der Waals surface area contributed by atoms with Crippen molar-refractivity contribution in [2.75, 3.05) is 20.2 Å². The summed E-state index contributed by atoms with van der Waals surface area (Å²) in [6.07, 6.45) is 0.345. The molecule has 1 aliphatic rings. The summed E-state index contributed by atoms with van der Waals surface area (Å²) in [6.45, 7) is 3.14. The highest BCUT2D eigenvalue weighted by atomic mass is 16.5. The first-order chi connectivity index (χ1) is 13.0. The van der Waals surface area contributed by atoms with E-state index in [-0.39, 0.29) is 23.8 Å². The van der Waals surface area contributed by atoms with Crippen molar-refractivity contribution in [1.29, 1.82) is 0 Å². The topological polar surface area (TPSA) is 75.7 Å². The zero-order valence-electron chi connectivity index (χ0n) is 15.4. The van der Waals surface area contributed by atoms with E-state index in [1.807, 2.05) is 25.1 Å². The highest BCUT2D eigenvalue weighted by Gasteiger charge is 2.29. The quantitative estimate of drug-likeness (QED) is 0.825. The van der Waals surface area contributed by atoms with E-state index < -0.39 is 0 Å². The molecule has 1 saturated heterocycles. The Balaban J connectivity index is 1.69. The molecule has 0 aliphatic carbocycles. The number of nitrogens with one attached hydrogen (secondary N) is 1. The highest BCUT2D eigenvalue weighted by Crippen LogP contribution is 2.22. The average molecular weight is 366 g/mol. The molecule has 0 spiro atoms. The number of ether oxygens (including phenoxy) is 1. The fourth-order valence-corrected chi connectivity index (χ4v) is 3.20. The van der Waals surface area contributed by atoms with Gasteiger partial charge in [0.05, 0.1) is 18.7 Å². The molecule has 1 aliphatic heterocycles. The number of methoxy groups -OCH3 is 1. The van der Waals surface area contributed by atoms with Crippen LogP contribution in [0.1, 0.15) is 34.1 Å². The molecule has 0 aromatic heterocycles. The standard InChI is InChI=1S/C21H22N2O4/c1-3-23-13-18(12-19(23)24)22-20(25)15-9-7-14(8-10-15)16-5-4-6-17(11-16)21(26)27-2/h4-11,18H,3,12-13H2,1-2H3,(H,22,25)/t18-/m0/s1. The third kappa shape index (κ3) is 4.16. The summed E-state index contributed by atoms with van der Waals surface area (Å²) in [4.78, 5) is 37.6. The molecule has 2 amide bonds. The predicted octanol–water partition coefficient (Wildman–Crippen LogP) is 2.49. The second-order valence-corrected chi connectivity index (χ2v) is 6.46. The number of rotatable bonds is 5. The van der Waals surface area contributed by atoms with Gasteiger partial charge in [0.2, 0.25) is 5.91 Å². The van der Waals surface area contributed by atoms with Gasteiger partial charge in [-0.2, -0.15) is 0 Å². The lowest BCUT2D eigenvalue weighted by molar-refractivity contribution is -0.127. The van der Waals surface area contributed by atoms with Crippen LogP contribution in [0.25, 0.3) is 11.1 Å². The zero-order chi connectivity index (χ0) is 19.4. The van der Waals surface area contributed by atoms with E-state index >= 15 is 0 Å². The van der Waals surface area contributed by atoms with E-state index in [0.29, 0.717) is 30.6 Å². The lowest BCUT2D eigenvalue weighted by Gasteiger charge is -2.15. The number of likely N-dealkylation sites (N-methyl/N-ethyl adjacent to an activating group) is 1. The smallest absolute Gasteiger partial charge is 0.337 e. The molecule has 0 saturated carbocycles. The van der Waals surface area contributed by atoms with Crippen molar-refractivity contribution in [1.82, 2.24) is 10.2 Å². The van der Waals surface area contributed by atoms with Crippen LogP contribution in [0.2, 0.25) is 0 Å². The number of carbonyl (C=O) groups excluding carboxylic acids is 3. The minimum Gasteiger partial charge on any atom is -0.465 e. The molecule has 2 aromatic carbocycles. The summed E-state index contributed by atoms with van der Waals surface area (Å²) in [5, 5.41) is 2.92. The lowest BCUT2D eigenvalue weighted by Crippen LogP contribution is -2.37. The van der Waals surface area contributed by atoms with E-state index in [1.54, 1.807) is 35.2 Å². The van der Waals surface area contributed by atoms with Crippen molar-refractivity contribution >= 4 is 17.8 Å². The van der Waals surface area contributed by atoms with E-state index in [0.717, 1.165) is 11.1 Å². The molecule has 6 heteroatoms. The first-order valence-corrected chi connectivity index (χ1v) is 8.89. The normalized spacial score (nSPS) is 16.3. The average Bonchev–Trinajstić information content (AvgIpc) is 3.06. The third-order valence-electron chi connectivity index (χ3n) is 4.70. The number of nitrogens with zero attached hydrogens (tertiary/aromatic N) is 1. The SMILES string of the molecule is CCN1C[C@@H](NC(=O)c2ccc(-c3cccc(C(=O)OC)c3)cc2)CC1=O. The maximum absolute atomic E-state index is 12.4. The van der Waals surface area contributed by atoms with Crippen LogP contribution in [0.3, 0.4) is 0 Å². The molecule has 0 bridgehead atoms. The van der Waals surface area contributed by atoms with Gasteiger partial charge in [-0.15, -0.1) is 0 Å². The molecule has 6 nitrogen and oxygen atoms in total. The Morgan fingerprint density at radius 3 is 2.48 bits per heavy atom. The number of hydrogen-bond acceptors (Lipinski definition) is 4. The van der Waals surface area contributed by atoms with Gasteiger partial charge in [-0.3, -0.25) is 9.59 Å². The number of amides is 2. The third-order valence-corrected chi connectivity index (χ3v) is 4.70. The van der Waals surface area contributed by atoms with Crippen LogP contribution in [-0.2, 0) is 9.53 Å². The second-order valence-electron chi connectivity index (χ2n) is 6.46. The molecule has 140 valence electrons. The second kappa shape index (κ2) is 8.03. The van der Waals surface area contributed by atoms with Crippen LogP contribution in [0, 0.1) is 0 Å². The van der Waals surface area contributed by atoms with Crippen LogP contribution in [0.15, 0.2) is 48.5 Å². The summed E-state index contributed by atoms with van der Waals surface area (Å²) in [7, 11) is 1.35. The highest BCUT2D eigenvalue weighted by molar-refractivity contribution is 5.96. The van der Waals surface area contributed by atoms with Crippen molar-refractivity contribution in [2.45, 2.75) is 19.4 Å². The molecule has 2 aromatic rings. The summed E-state index contributed by atoms with van der Waals surface area (Å²) in [5.74, 6) is -0.510. The van der Waals surface area contributed by atoms with Gasteiger partial charge in [-0.1, -0.05) is 24.3 Å². The molecular formula is C21H22N2O4. The van der Waals surface area contributed by atoms with Crippen molar-refractivity contribution in [3.8, 4) is 11.1 Å². The molecule has 0 radical (unpaired) electrons. The fraction of sp³-hybridized carbons (Fsp3) is 0.286. The summed E-state index contributed by atoms with van der Waals surface area (Å²) in [6, 6.07) is 14.1. The number of esters is 1. The molecule has 0 unspecified atom stereocenters. The monoisotopic (exact) mass is 366 g/mol. The predicted molar refractivity (Wildman–Crippen MR) is 101 cm³/mol. The van der Waals surface area contributed by atoms with Crippen molar-refractivity contribution in [2.24, 2.45) is 0 Å². The number of benzene rings is 2. The lowest BCUT2D eigenvalue weighted by atomic mass is 10.0. The molecule has 1 atom stereocenters. The van der Waals surface area contributed by atoms with Crippen LogP contribution in [0.5, 0.6) is 0 Å². The van der Waals surface area contributed by atoms with Crippen LogP contribution in [0.4, 0.5) is 0 Å². The first kappa shape index (κ1) is 18.6. The summed E-state index contributed by atoms with van der Waals surface area (Å²) >= 11 is 0. The molecular weight excluding hydrogens is 344 g/mol. The molecule has 3 rings (SSSR count). The minimum absolute atomic E-state index is 0.0728. The van der Waals surface area contributed by atoms with E-state index in [2.05, 4.69) is 5.32 Å². The maximum atomic E-state index is 12.4. The largest absolute Gasteiger partial charge is 0.465 e. The van der Waals surface area contributed by atoms with Gasteiger partial charge in [0.1, 0.15) is 0 Å². The summed E-state index contributed by atoms with van der Waals surface area (Å²) < 4.78 is 4.74. The Kier molecular flexibility index (Phi) is 5.54. The zero-order valence-corrected chi connectivity index (χ0v) is 15.4. The van der Waals surface area contributed by atoms with Gasteiger partial charge in [-0.25, -0.2) is 4.79 Å². The summed E-state index contributed by atoms with van der Waals surface area (Å²) in [5.41, 5.74) is 2.77. The molecule has 27 heavy (non-hydrogen) atoms. The van der Waals surface area contributed by atoms with Gasteiger partial charge in [-0.05, 0) is 42.3 Å². The van der Waals surface area contributed by atoms with E-state index in [1.165, 1.54) is 7.11 Å². The van der Waals surface area contributed by atoms with E-state index in [9.17, 15) is 14.4 Å². The molecule has 1 heterocycles. The molecule has 1 fully saturated rings. The fourth-order valence-electron chi connectivity index (χ4n) is 3.20. The van der Waals surface area contributed by atoms with Crippen molar-refractivity contribution in [3.05, 3.63) is 59.7 Å². The van der Waals surface area contributed by atoms with Crippen LogP contribution >= 0.6 is 0 Å². The van der Waals surface area contributed by atoms with Gasteiger partial charge in [0.25, 0.3) is 5.91 Å². The van der Waals surface area contributed by atoms with E-state index in [4.69, 9.17) is 4.74 Å². The van der Waals surface area contributed by atoms with Crippen molar-refractivity contribution < 1.29 is 19.1 Å². The van der Waals surface area contributed by atoms with Gasteiger partial charge in [0.15, 0.2) is 0 Å². The number of hydrogen-bond donors (Lipinski definition) is 1. The number of likely N-dealkylation sites (tertiary alicyclic amines) is 1. The van der Waals surface area contributed by atoms with Gasteiger partial charge >= 0.3 is 5.97 Å². The number of carbonyl (C=O) groups is 3. The Morgan fingerprint density at radius 1 is 1.11 bits per heavy atom. The maximum Gasteiger partial charge on any atom is 0.337 e. The van der Waals surface area contributed by atoms with Crippen LogP contribution < -0.4 is 5.32 Å². The first-order valence-electron chi connectivity index (χ1n) is 8.89. The van der Waals surface area contributed by atoms with Crippen molar-refractivity contribution in [3.63, 3.8) is 0 Å². The minimum atomic E-state index is -0.389. The Hall–Kier alpha value is -3.15. The Morgan fingerprint density at radius 2 is 1.85 bits per heavy atom. The van der Waals surface area contributed by atoms with Gasteiger partial charge < -0.3 is 15.0 Å². The Labute approximate surface area is 158 Å².